The zero-order valence-corrected chi connectivity index (χ0v) is 18.7. The van der Waals surface area contributed by atoms with Crippen molar-refractivity contribution >= 4 is 21.8 Å². The van der Waals surface area contributed by atoms with Crippen molar-refractivity contribution in [1.82, 2.24) is 9.55 Å². The SMILES string of the molecule is N#Cc1ccc2c(c1)c1ccccc1n2-c1cccc(-c2ccccc2-c2ccnc(C#N)c2)c1. The predicted octanol–water partition coefficient (Wildman–Crippen LogP) is 7.26. The Morgan fingerprint density at radius 2 is 1.34 bits per heavy atom. The van der Waals surface area contributed by atoms with Crippen LogP contribution < -0.4 is 0 Å². The number of hydrogen-bond donors (Lipinski definition) is 0. The molecule has 0 radical (unpaired) electrons. The van der Waals surface area contributed by atoms with Crippen LogP contribution in [-0.4, -0.2) is 9.55 Å². The van der Waals surface area contributed by atoms with Crippen molar-refractivity contribution in [1.29, 1.82) is 10.5 Å². The maximum atomic E-state index is 9.43. The molecule has 0 aliphatic heterocycles. The van der Waals surface area contributed by atoms with Gasteiger partial charge in [0, 0.05) is 22.7 Å². The summed E-state index contributed by atoms with van der Waals surface area (Å²) in [6, 6.07) is 39.0. The molecule has 0 aliphatic rings. The molecule has 0 fully saturated rings. The lowest BCUT2D eigenvalue weighted by Gasteiger charge is -2.13. The van der Waals surface area contributed by atoms with Crippen LogP contribution in [0.2, 0.25) is 0 Å². The molecule has 4 nitrogen and oxygen atoms in total. The van der Waals surface area contributed by atoms with Crippen LogP contribution in [0.5, 0.6) is 0 Å². The third-order valence-corrected chi connectivity index (χ3v) is 6.33. The number of pyridine rings is 1. The van der Waals surface area contributed by atoms with E-state index in [0.29, 0.717) is 11.3 Å². The third-order valence-electron chi connectivity index (χ3n) is 6.33. The summed E-state index contributed by atoms with van der Waals surface area (Å²) in [6.45, 7) is 0. The molecule has 0 saturated carbocycles. The molecule has 4 heteroatoms. The predicted molar refractivity (Wildman–Crippen MR) is 139 cm³/mol. The van der Waals surface area contributed by atoms with E-state index in [1.165, 1.54) is 0 Å². The number of hydrogen-bond acceptors (Lipinski definition) is 3. The molecule has 0 unspecified atom stereocenters. The molecule has 0 saturated heterocycles. The van der Waals surface area contributed by atoms with Gasteiger partial charge in [0.05, 0.1) is 22.7 Å². The monoisotopic (exact) mass is 446 g/mol. The lowest BCUT2D eigenvalue weighted by molar-refractivity contribution is 1.18. The van der Waals surface area contributed by atoms with Crippen molar-refractivity contribution in [2.24, 2.45) is 0 Å². The van der Waals surface area contributed by atoms with E-state index in [2.05, 4.69) is 70.2 Å². The Labute approximate surface area is 202 Å². The Morgan fingerprint density at radius 3 is 2.14 bits per heavy atom. The van der Waals surface area contributed by atoms with Crippen LogP contribution in [0, 0.1) is 22.7 Å². The Kier molecular flexibility index (Phi) is 4.84. The summed E-state index contributed by atoms with van der Waals surface area (Å²) in [7, 11) is 0. The minimum Gasteiger partial charge on any atom is -0.309 e. The van der Waals surface area contributed by atoms with Gasteiger partial charge in [-0.3, -0.25) is 0 Å². The number of nitriles is 2. The van der Waals surface area contributed by atoms with Gasteiger partial charge < -0.3 is 4.57 Å². The zero-order valence-electron chi connectivity index (χ0n) is 18.7. The quantitative estimate of drug-likeness (QED) is 0.287. The fraction of sp³-hybridized carbons (Fsp3) is 0. The van der Waals surface area contributed by atoms with E-state index in [4.69, 9.17) is 0 Å². The first-order chi connectivity index (χ1) is 17.3. The summed E-state index contributed by atoms with van der Waals surface area (Å²) in [4.78, 5) is 4.12. The number of rotatable bonds is 3. The van der Waals surface area contributed by atoms with Gasteiger partial charge in [0.2, 0.25) is 0 Å². The first-order valence-electron chi connectivity index (χ1n) is 11.3. The van der Waals surface area contributed by atoms with Crippen LogP contribution >= 0.6 is 0 Å². The molecule has 162 valence electrons. The summed E-state index contributed by atoms with van der Waals surface area (Å²) in [5.41, 5.74) is 8.40. The van der Waals surface area contributed by atoms with Crippen molar-refractivity contribution < 1.29 is 0 Å². The van der Waals surface area contributed by atoms with Crippen molar-refractivity contribution in [2.75, 3.05) is 0 Å². The third kappa shape index (κ3) is 3.42. The van der Waals surface area contributed by atoms with E-state index < -0.39 is 0 Å². The van der Waals surface area contributed by atoms with Crippen molar-refractivity contribution in [2.45, 2.75) is 0 Å². The lowest BCUT2D eigenvalue weighted by atomic mass is 9.94. The van der Waals surface area contributed by atoms with Crippen LogP contribution in [0.1, 0.15) is 11.3 Å². The molecular formula is C31H18N4. The maximum absolute atomic E-state index is 9.43. The van der Waals surface area contributed by atoms with Gasteiger partial charge in [0.25, 0.3) is 0 Å². The van der Waals surface area contributed by atoms with E-state index in [9.17, 15) is 10.5 Å². The van der Waals surface area contributed by atoms with Crippen molar-refractivity contribution in [3.05, 3.63) is 121 Å². The standard InChI is InChI=1S/C31H18N4/c32-19-21-12-13-31-29(16-21)28-10-3-4-11-30(28)35(31)25-7-5-6-22(18-25)26-8-1-2-9-27(26)23-14-15-34-24(17-23)20-33/h1-18H. The second-order valence-electron chi connectivity index (χ2n) is 8.33. The van der Waals surface area contributed by atoms with Gasteiger partial charge >= 0.3 is 0 Å². The smallest absolute Gasteiger partial charge is 0.141 e. The van der Waals surface area contributed by atoms with Crippen LogP contribution in [0.25, 0.3) is 49.7 Å². The van der Waals surface area contributed by atoms with Crippen LogP contribution in [0.3, 0.4) is 0 Å². The molecule has 0 amide bonds. The Bertz CT molecular complexity index is 1830. The Balaban J connectivity index is 1.57. The molecule has 4 aromatic carbocycles. The van der Waals surface area contributed by atoms with Gasteiger partial charge in [0.15, 0.2) is 0 Å². The van der Waals surface area contributed by atoms with Crippen LogP contribution in [-0.2, 0) is 0 Å². The first kappa shape index (κ1) is 20.4. The second-order valence-corrected chi connectivity index (χ2v) is 8.33. The Morgan fingerprint density at radius 1 is 0.600 bits per heavy atom. The number of nitrogens with zero attached hydrogens (tertiary/aromatic N) is 4. The molecule has 0 bridgehead atoms. The largest absolute Gasteiger partial charge is 0.309 e. The summed E-state index contributed by atoms with van der Waals surface area (Å²) in [5, 5.41) is 20.9. The number of aromatic nitrogens is 2. The maximum Gasteiger partial charge on any atom is 0.141 e. The highest BCUT2D eigenvalue weighted by atomic mass is 15.0. The Hall–Kier alpha value is -5.19. The summed E-state index contributed by atoms with van der Waals surface area (Å²) < 4.78 is 2.25. The van der Waals surface area contributed by atoms with Gasteiger partial charge in [-0.1, -0.05) is 54.6 Å². The average Bonchev–Trinajstić information content (AvgIpc) is 3.27. The molecule has 0 N–H and O–H groups in total. The zero-order chi connectivity index (χ0) is 23.8. The molecule has 0 atom stereocenters. The first-order valence-corrected chi connectivity index (χ1v) is 11.3. The topological polar surface area (TPSA) is 65.4 Å². The van der Waals surface area contributed by atoms with Gasteiger partial charge in [-0.15, -0.1) is 0 Å². The minimum atomic E-state index is 0.396. The number of benzene rings is 4. The fourth-order valence-corrected chi connectivity index (χ4v) is 4.78. The molecule has 2 aromatic heterocycles. The van der Waals surface area contributed by atoms with Gasteiger partial charge in [0.1, 0.15) is 11.8 Å². The molecule has 6 aromatic rings. The van der Waals surface area contributed by atoms with Gasteiger partial charge in [-0.05, 0) is 70.8 Å². The number of para-hydroxylation sites is 1. The van der Waals surface area contributed by atoms with Gasteiger partial charge in [-0.2, -0.15) is 10.5 Å². The second kappa shape index (κ2) is 8.30. The molecular weight excluding hydrogens is 428 g/mol. The highest BCUT2D eigenvalue weighted by Gasteiger charge is 2.14. The van der Waals surface area contributed by atoms with Crippen LogP contribution in [0.4, 0.5) is 0 Å². The molecule has 35 heavy (non-hydrogen) atoms. The average molecular weight is 447 g/mol. The van der Waals surface area contributed by atoms with E-state index in [1.807, 2.05) is 54.6 Å². The minimum absolute atomic E-state index is 0.396. The van der Waals surface area contributed by atoms with Gasteiger partial charge in [-0.25, -0.2) is 4.98 Å². The molecule has 0 aliphatic carbocycles. The normalized spacial score (nSPS) is 10.8. The molecule has 6 rings (SSSR count). The van der Waals surface area contributed by atoms with Crippen molar-refractivity contribution in [3.8, 4) is 40.1 Å². The van der Waals surface area contributed by atoms with E-state index >= 15 is 0 Å². The fourth-order valence-electron chi connectivity index (χ4n) is 4.78. The number of fused-ring (bicyclic) bond motifs is 3. The summed E-state index contributed by atoms with van der Waals surface area (Å²) in [6.07, 6.45) is 1.68. The summed E-state index contributed by atoms with van der Waals surface area (Å²) >= 11 is 0. The molecule has 2 heterocycles. The van der Waals surface area contributed by atoms with E-state index in [-0.39, 0.29) is 0 Å². The highest BCUT2D eigenvalue weighted by molar-refractivity contribution is 6.09. The van der Waals surface area contributed by atoms with E-state index in [1.54, 1.807) is 6.20 Å². The summed E-state index contributed by atoms with van der Waals surface area (Å²) in [5.74, 6) is 0. The van der Waals surface area contributed by atoms with E-state index in [0.717, 1.165) is 49.7 Å². The van der Waals surface area contributed by atoms with Crippen LogP contribution in [0.15, 0.2) is 109 Å². The van der Waals surface area contributed by atoms with Crippen molar-refractivity contribution in [3.63, 3.8) is 0 Å². The molecule has 0 spiro atoms. The highest BCUT2D eigenvalue weighted by Crippen LogP contribution is 2.36. The lowest BCUT2D eigenvalue weighted by Crippen LogP contribution is -1.95.